The van der Waals surface area contributed by atoms with Gasteiger partial charge >= 0.3 is 16.2 Å². The fourth-order valence-electron chi connectivity index (χ4n) is 4.86. The van der Waals surface area contributed by atoms with Crippen LogP contribution in [0.4, 0.5) is 4.79 Å². The molecule has 1 saturated heterocycles. The summed E-state index contributed by atoms with van der Waals surface area (Å²) in [5, 5.41) is 6.59. The van der Waals surface area contributed by atoms with E-state index in [9.17, 15) is 18.0 Å². The van der Waals surface area contributed by atoms with Crippen LogP contribution in [-0.4, -0.2) is 55.3 Å². The number of amides is 3. The number of urea groups is 1. The highest BCUT2D eigenvalue weighted by Crippen LogP contribution is 2.22. The van der Waals surface area contributed by atoms with E-state index in [2.05, 4.69) is 20.3 Å². The quantitative estimate of drug-likeness (QED) is 0.555. The lowest BCUT2D eigenvalue weighted by Crippen LogP contribution is -2.51. The fraction of sp³-hybridized carbons (Fsp3) is 0.542. The molecule has 2 fully saturated rings. The molecule has 2 aliphatic rings. The lowest BCUT2D eigenvalue weighted by Gasteiger charge is -2.31. The second kappa shape index (κ2) is 11.1. The molecule has 184 valence electrons. The molecule has 1 saturated carbocycles. The molecular weight excluding hydrogens is 454 g/mol. The van der Waals surface area contributed by atoms with Gasteiger partial charge in [0.25, 0.3) is 5.91 Å². The summed E-state index contributed by atoms with van der Waals surface area (Å²) in [6, 6.07) is 8.67. The highest BCUT2D eigenvalue weighted by Gasteiger charge is 2.30. The molecule has 1 aromatic heterocycles. The van der Waals surface area contributed by atoms with Crippen molar-refractivity contribution in [2.45, 2.75) is 57.4 Å². The van der Waals surface area contributed by atoms with E-state index < -0.39 is 16.2 Å². The minimum Gasteiger partial charge on any atom is -0.352 e. The predicted molar refractivity (Wildman–Crippen MR) is 130 cm³/mol. The summed E-state index contributed by atoms with van der Waals surface area (Å²) >= 11 is 0. The normalized spacial score (nSPS) is 18.5. The zero-order valence-corrected chi connectivity index (χ0v) is 20.1. The number of aromatic nitrogens is 1. The third-order valence-electron chi connectivity index (χ3n) is 6.81. The van der Waals surface area contributed by atoms with E-state index >= 15 is 0 Å². The van der Waals surface area contributed by atoms with Gasteiger partial charge in [0.15, 0.2) is 0 Å². The molecule has 2 heterocycles. The van der Waals surface area contributed by atoms with Crippen molar-refractivity contribution in [3.05, 3.63) is 42.1 Å². The molecule has 10 heteroatoms. The number of hydrogen-bond acceptors (Lipinski definition) is 5. The first-order chi connectivity index (χ1) is 16.4. The Hall–Kier alpha value is -2.72. The van der Waals surface area contributed by atoms with Gasteiger partial charge in [-0.15, -0.1) is 0 Å². The number of carbonyl (C=O) groups is 2. The van der Waals surface area contributed by atoms with Crippen LogP contribution in [0.5, 0.6) is 0 Å². The van der Waals surface area contributed by atoms with Crippen LogP contribution in [0.25, 0.3) is 10.9 Å². The van der Waals surface area contributed by atoms with E-state index in [0.29, 0.717) is 44.0 Å². The summed E-state index contributed by atoms with van der Waals surface area (Å²) < 4.78 is 28.7. The van der Waals surface area contributed by atoms with Crippen LogP contribution in [0.1, 0.15) is 61.7 Å². The Bertz CT molecular complexity index is 1100. The highest BCUT2D eigenvalue weighted by molar-refractivity contribution is 7.87. The molecule has 0 radical (unpaired) electrons. The van der Waals surface area contributed by atoms with Gasteiger partial charge in [-0.05, 0) is 50.2 Å². The average molecular weight is 488 g/mol. The van der Waals surface area contributed by atoms with Gasteiger partial charge in [0, 0.05) is 37.3 Å². The van der Waals surface area contributed by atoms with E-state index in [4.69, 9.17) is 0 Å². The van der Waals surface area contributed by atoms with E-state index in [0.717, 1.165) is 49.4 Å². The Morgan fingerprint density at radius 3 is 2.50 bits per heavy atom. The van der Waals surface area contributed by atoms with Crippen molar-refractivity contribution in [3.63, 3.8) is 0 Å². The van der Waals surface area contributed by atoms with Crippen LogP contribution in [-0.2, 0) is 10.2 Å². The SMILES string of the molecule is O=C(NC1CCCCC1)NS(=O)(=O)N1CCC(CCNC(=O)c2ccnc3ccccc23)CC1. The van der Waals surface area contributed by atoms with Crippen LogP contribution >= 0.6 is 0 Å². The molecule has 2 aromatic rings. The Morgan fingerprint density at radius 1 is 1.00 bits per heavy atom. The Kier molecular flexibility index (Phi) is 7.99. The van der Waals surface area contributed by atoms with Gasteiger partial charge in [-0.25, -0.2) is 9.52 Å². The van der Waals surface area contributed by atoms with Gasteiger partial charge in [0.05, 0.1) is 11.1 Å². The summed E-state index contributed by atoms with van der Waals surface area (Å²) in [6.07, 6.45) is 8.88. The van der Waals surface area contributed by atoms with Crippen molar-refractivity contribution in [2.75, 3.05) is 19.6 Å². The lowest BCUT2D eigenvalue weighted by atomic mass is 9.94. The number of piperidine rings is 1. The molecule has 0 atom stereocenters. The van der Waals surface area contributed by atoms with Gasteiger partial charge in [-0.1, -0.05) is 37.5 Å². The average Bonchev–Trinajstić information content (AvgIpc) is 2.84. The molecule has 0 unspecified atom stereocenters. The van der Waals surface area contributed by atoms with Crippen molar-refractivity contribution < 1.29 is 18.0 Å². The van der Waals surface area contributed by atoms with E-state index in [1.54, 1.807) is 12.3 Å². The monoisotopic (exact) mass is 487 g/mol. The number of nitrogens with zero attached hydrogens (tertiary/aromatic N) is 2. The number of nitrogens with one attached hydrogen (secondary N) is 3. The third-order valence-corrected chi connectivity index (χ3v) is 8.30. The van der Waals surface area contributed by atoms with Gasteiger partial charge in [0.2, 0.25) is 0 Å². The van der Waals surface area contributed by atoms with Crippen molar-refractivity contribution >= 4 is 33.1 Å². The maximum atomic E-state index is 12.7. The molecule has 0 spiro atoms. The number of rotatable bonds is 7. The van der Waals surface area contributed by atoms with Crippen LogP contribution < -0.4 is 15.4 Å². The van der Waals surface area contributed by atoms with Crippen molar-refractivity contribution in [2.24, 2.45) is 5.92 Å². The summed E-state index contributed by atoms with van der Waals surface area (Å²) in [4.78, 5) is 29.1. The minimum absolute atomic E-state index is 0.0510. The number of para-hydroxylation sites is 1. The van der Waals surface area contributed by atoms with Crippen molar-refractivity contribution in [3.8, 4) is 0 Å². The third kappa shape index (κ3) is 6.24. The molecule has 9 nitrogen and oxygen atoms in total. The molecular formula is C24H33N5O4S. The van der Waals surface area contributed by atoms with E-state index in [1.807, 2.05) is 24.3 Å². The minimum atomic E-state index is -3.85. The van der Waals surface area contributed by atoms with Crippen molar-refractivity contribution in [1.82, 2.24) is 24.6 Å². The first-order valence-electron chi connectivity index (χ1n) is 12.1. The first kappa shape index (κ1) is 24.4. The number of hydrogen-bond donors (Lipinski definition) is 3. The summed E-state index contributed by atoms with van der Waals surface area (Å²) in [7, 11) is -3.85. The second-order valence-electron chi connectivity index (χ2n) is 9.18. The number of carbonyl (C=O) groups excluding carboxylic acids is 2. The Balaban J connectivity index is 1.20. The van der Waals surface area contributed by atoms with Gasteiger partial charge < -0.3 is 10.6 Å². The van der Waals surface area contributed by atoms with Crippen molar-refractivity contribution in [1.29, 1.82) is 0 Å². The molecule has 1 aliphatic heterocycles. The summed E-state index contributed by atoms with van der Waals surface area (Å²) in [5.41, 5.74) is 1.38. The van der Waals surface area contributed by atoms with Crippen LogP contribution in [0.15, 0.2) is 36.5 Å². The Morgan fingerprint density at radius 2 is 1.74 bits per heavy atom. The van der Waals surface area contributed by atoms with Gasteiger partial charge in [-0.3, -0.25) is 9.78 Å². The van der Waals surface area contributed by atoms with Crippen LogP contribution in [0.3, 0.4) is 0 Å². The number of pyridine rings is 1. The smallest absolute Gasteiger partial charge is 0.329 e. The molecule has 1 aromatic carbocycles. The van der Waals surface area contributed by atoms with Gasteiger partial charge in [-0.2, -0.15) is 12.7 Å². The molecule has 4 rings (SSSR count). The Labute approximate surface area is 200 Å². The van der Waals surface area contributed by atoms with Gasteiger partial charge in [0.1, 0.15) is 0 Å². The largest absolute Gasteiger partial charge is 0.352 e. The lowest BCUT2D eigenvalue weighted by molar-refractivity contribution is 0.0951. The topological polar surface area (TPSA) is 121 Å². The predicted octanol–water partition coefficient (Wildman–Crippen LogP) is 2.94. The molecule has 0 bridgehead atoms. The summed E-state index contributed by atoms with van der Waals surface area (Å²) in [6.45, 7) is 1.24. The van der Waals surface area contributed by atoms with E-state index in [-0.39, 0.29) is 11.9 Å². The van der Waals surface area contributed by atoms with Crippen LogP contribution in [0.2, 0.25) is 0 Å². The maximum absolute atomic E-state index is 12.7. The fourth-order valence-corrected chi connectivity index (χ4v) is 5.97. The first-order valence-corrected chi connectivity index (χ1v) is 13.6. The van der Waals surface area contributed by atoms with Crippen LogP contribution in [0, 0.1) is 5.92 Å². The number of benzene rings is 1. The molecule has 1 aliphatic carbocycles. The molecule has 34 heavy (non-hydrogen) atoms. The molecule has 3 amide bonds. The zero-order chi connectivity index (χ0) is 24.0. The standard InChI is InChI=1S/C24H33N5O4S/c30-23(21-11-15-25-22-9-5-4-8-20(21)22)26-14-10-18-12-16-29(17-13-18)34(32,33)28-24(31)27-19-6-2-1-3-7-19/h4-5,8-9,11,15,18-19H,1-3,6-7,10,12-14,16-17H2,(H,26,30)(H2,27,28,31). The highest BCUT2D eigenvalue weighted by atomic mass is 32.2. The maximum Gasteiger partial charge on any atom is 0.329 e. The zero-order valence-electron chi connectivity index (χ0n) is 19.3. The summed E-state index contributed by atoms with van der Waals surface area (Å²) in [5.74, 6) is 0.184. The molecule has 3 N–H and O–H groups in total. The van der Waals surface area contributed by atoms with E-state index in [1.165, 1.54) is 4.31 Å². The second-order valence-corrected chi connectivity index (χ2v) is 10.8. The number of fused-ring (bicyclic) bond motifs is 1.